The molecule has 0 radical (unpaired) electrons. The summed E-state index contributed by atoms with van der Waals surface area (Å²) in [6.45, 7) is 15.5. The molecule has 1 aromatic heterocycles. The maximum absolute atomic E-state index is 4.74. The zero-order valence-corrected chi connectivity index (χ0v) is 14.7. The van der Waals surface area contributed by atoms with Crippen LogP contribution in [0.3, 0.4) is 0 Å². The summed E-state index contributed by atoms with van der Waals surface area (Å²) in [5.41, 5.74) is 1.31. The molecule has 3 nitrogen and oxygen atoms in total. The summed E-state index contributed by atoms with van der Waals surface area (Å²) >= 11 is 0. The summed E-state index contributed by atoms with van der Waals surface area (Å²) in [6, 6.07) is 5.16. The molecule has 1 atom stereocenters. The Morgan fingerprint density at radius 2 is 1.81 bits per heavy atom. The monoisotopic (exact) mass is 291 g/mol. The second-order valence-corrected chi connectivity index (χ2v) is 6.21. The van der Waals surface area contributed by atoms with Crippen LogP contribution < -0.4 is 10.2 Å². The van der Waals surface area contributed by atoms with Gasteiger partial charge in [-0.3, -0.25) is 0 Å². The van der Waals surface area contributed by atoms with Gasteiger partial charge in [0.15, 0.2) is 0 Å². The number of pyridine rings is 1. The fourth-order valence-corrected chi connectivity index (χ4v) is 2.93. The third-order valence-corrected chi connectivity index (χ3v) is 4.01. The van der Waals surface area contributed by atoms with Gasteiger partial charge in [-0.15, -0.1) is 0 Å². The Balaban J connectivity index is 3.17. The van der Waals surface area contributed by atoms with Crippen molar-refractivity contribution in [2.75, 3.05) is 18.0 Å². The summed E-state index contributed by atoms with van der Waals surface area (Å²) in [5.74, 6) is 1.79. The minimum atomic E-state index is 0.336. The van der Waals surface area contributed by atoms with E-state index in [-0.39, 0.29) is 0 Å². The standard InChI is InChI=1S/C18H33N3/c1-7-16(8-2)21(13-14(4)5)18-17(11-10-12-20-18)15(6)19-9-3/h10-12,14-16,19H,7-9,13H2,1-6H3. The van der Waals surface area contributed by atoms with Crippen LogP contribution in [-0.2, 0) is 0 Å². The predicted molar refractivity (Wildman–Crippen MR) is 92.9 cm³/mol. The number of anilines is 1. The first-order valence-electron chi connectivity index (χ1n) is 8.49. The van der Waals surface area contributed by atoms with E-state index in [0.717, 1.165) is 31.7 Å². The molecule has 1 unspecified atom stereocenters. The molecule has 0 spiro atoms. The Hall–Kier alpha value is -1.09. The van der Waals surface area contributed by atoms with E-state index in [1.165, 1.54) is 5.56 Å². The van der Waals surface area contributed by atoms with Crippen LogP contribution in [0.4, 0.5) is 5.82 Å². The molecule has 0 fully saturated rings. The maximum Gasteiger partial charge on any atom is 0.133 e. The molecule has 0 bridgehead atoms. The maximum atomic E-state index is 4.74. The Morgan fingerprint density at radius 3 is 2.33 bits per heavy atom. The average Bonchev–Trinajstić information content (AvgIpc) is 2.47. The number of hydrogen-bond donors (Lipinski definition) is 1. The lowest BCUT2D eigenvalue weighted by molar-refractivity contribution is 0.497. The molecule has 21 heavy (non-hydrogen) atoms. The zero-order chi connectivity index (χ0) is 15.8. The summed E-state index contributed by atoms with van der Waals surface area (Å²) in [7, 11) is 0. The highest BCUT2D eigenvalue weighted by Crippen LogP contribution is 2.27. The van der Waals surface area contributed by atoms with E-state index in [1.54, 1.807) is 0 Å². The van der Waals surface area contributed by atoms with Crippen molar-refractivity contribution < 1.29 is 0 Å². The molecule has 3 heteroatoms. The van der Waals surface area contributed by atoms with Crippen molar-refractivity contribution in [3.8, 4) is 0 Å². The van der Waals surface area contributed by atoms with Gasteiger partial charge < -0.3 is 10.2 Å². The van der Waals surface area contributed by atoms with Crippen molar-refractivity contribution in [3.05, 3.63) is 23.9 Å². The van der Waals surface area contributed by atoms with Gasteiger partial charge in [-0.1, -0.05) is 40.7 Å². The van der Waals surface area contributed by atoms with E-state index >= 15 is 0 Å². The van der Waals surface area contributed by atoms with Gasteiger partial charge in [0.2, 0.25) is 0 Å². The summed E-state index contributed by atoms with van der Waals surface area (Å²) in [5, 5.41) is 3.52. The lowest BCUT2D eigenvalue weighted by Gasteiger charge is -2.35. The second kappa shape index (κ2) is 9.04. The van der Waals surface area contributed by atoms with E-state index in [4.69, 9.17) is 4.98 Å². The molecule has 1 N–H and O–H groups in total. The van der Waals surface area contributed by atoms with Crippen LogP contribution in [0.5, 0.6) is 0 Å². The van der Waals surface area contributed by atoms with Crippen molar-refractivity contribution in [1.82, 2.24) is 10.3 Å². The van der Waals surface area contributed by atoms with Gasteiger partial charge >= 0.3 is 0 Å². The van der Waals surface area contributed by atoms with Crippen molar-refractivity contribution in [2.45, 2.75) is 66.5 Å². The number of hydrogen-bond acceptors (Lipinski definition) is 3. The summed E-state index contributed by atoms with van der Waals surface area (Å²) in [6.07, 6.45) is 4.25. The predicted octanol–water partition coefficient (Wildman–Crippen LogP) is 4.40. The van der Waals surface area contributed by atoms with Crippen molar-refractivity contribution in [1.29, 1.82) is 0 Å². The molecule has 1 rings (SSSR count). The number of rotatable bonds is 9. The van der Waals surface area contributed by atoms with Gasteiger partial charge in [-0.25, -0.2) is 4.98 Å². The van der Waals surface area contributed by atoms with Crippen molar-refractivity contribution in [2.24, 2.45) is 5.92 Å². The van der Waals surface area contributed by atoms with Gasteiger partial charge in [0, 0.05) is 30.4 Å². The average molecular weight is 291 g/mol. The molecule has 0 aliphatic carbocycles. The van der Waals surface area contributed by atoms with Gasteiger partial charge in [0.05, 0.1) is 0 Å². The Morgan fingerprint density at radius 1 is 1.14 bits per heavy atom. The van der Waals surface area contributed by atoms with Crippen LogP contribution in [-0.4, -0.2) is 24.1 Å². The van der Waals surface area contributed by atoms with Crippen molar-refractivity contribution in [3.63, 3.8) is 0 Å². The van der Waals surface area contributed by atoms with E-state index in [0.29, 0.717) is 18.0 Å². The molecule has 120 valence electrons. The highest BCUT2D eigenvalue weighted by atomic mass is 15.2. The minimum Gasteiger partial charge on any atom is -0.353 e. The van der Waals surface area contributed by atoms with Crippen LogP contribution >= 0.6 is 0 Å². The number of nitrogens with zero attached hydrogens (tertiary/aromatic N) is 2. The zero-order valence-electron chi connectivity index (χ0n) is 14.7. The highest BCUT2D eigenvalue weighted by Gasteiger charge is 2.22. The van der Waals surface area contributed by atoms with Crippen LogP contribution in [0.15, 0.2) is 18.3 Å². The molecule has 0 amide bonds. The van der Waals surface area contributed by atoms with E-state index < -0.39 is 0 Å². The smallest absolute Gasteiger partial charge is 0.133 e. The van der Waals surface area contributed by atoms with Crippen LogP contribution in [0.25, 0.3) is 0 Å². The quantitative estimate of drug-likeness (QED) is 0.731. The van der Waals surface area contributed by atoms with Gasteiger partial charge in [0.25, 0.3) is 0 Å². The molecule has 0 aliphatic rings. The molecule has 1 heterocycles. The van der Waals surface area contributed by atoms with Crippen molar-refractivity contribution >= 4 is 5.82 Å². The van der Waals surface area contributed by atoms with Crippen LogP contribution in [0.2, 0.25) is 0 Å². The Kier molecular flexibility index (Phi) is 7.73. The topological polar surface area (TPSA) is 28.2 Å². The molecule has 1 aromatic rings. The Bertz CT molecular complexity index is 399. The third-order valence-electron chi connectivity index (χ3n) is 4.01. The summed E-state index contributed by atoms with van der Waals surface area (Å²) in [4.78, 5) is 7.26. The minimum absolute atomic E-state index is 0.336. The van der Waals surface area contributed by atoms with Gasteiger partial charge in [-0.2, -0.15) is 0 Å². The number of nitrogens with one attached hydrogen (secondary N) is 1. The largest absolute Gasteiger partial charge is 0.353 e. The first-order chi connectivity index (χ1) is 10.0. The van der Waals surface area contributed by atoms with E-state index in [9.17, 15) is 0 Å². The molecular weight excluding hydrogens is 258 g/mol. The van der Waals surface area contributed by atoms with E-state index in [1.807, 2.05) is 12.3 Å². The lowest BCUT2D eigenvalue weighted by Crippen LogP contribution is -2.39. The highest BCUT2D eigenvalue weighted by molar-refractivity contribution is 5.49. The Labute approximate surface area is 131 Å². The molecule has 0 aliphatic heterocycles. The van der Waals surface area contributed by atoms with Crippen LogP contribution in [0, 0.1) is 5.92 Å². The molecule has 0 aromatic carbocycles. The lowest BCUT2D eigenvalue weighted by atomic mass is 10.0. The van der Waals surface area contributed by atoms with E-state index in [2.05, 4.69) is 57.8 Å². The third kappa shape index (κ3) is 4.99. The second-order valence-electron chi connectivity index (χ2n) is 6.21. The van der Waals surface area contributed by atoms with Gasteiger partial charge in [0.1, 0.15) is 5.82 Å². The molecule has 0 saturated heterocycles. The first kappa shape index (κ1) is 18.0. The fourth-order valence-electron chi connectivity index (χ4n) is 2.93. The normalized spacial score (nSPS) is 13.0. The SMILES string of the molecule is CCNC(C)c1cccnc1N(CC(C)C)C(CC)CC. The fraction of sp³-hybridized carbons (Fsp3) is 0.722. The molecular formula is C18H33N3. The van der Waals surface area contributed by atoms with Crippen LogP contribution in [0.1, 0.15) is 66.0 Å². The summed E-state index contributed by atoms with van der Waals surface area (Å²) < 4.78 is 0. The number of aromatic nitrogens is 1. The molecule has 0 saturated carbocycles. The van der Waals surface area contributed by atoms with Gasteiger partial charge in [-0.05, 0) is 38.3 Å². The first-order valence-corrected chi connectivity index (χ1v) is 8.49.